The molecule has 0 atom stereocenters. The second-order valence-electron chi connectivity index (χ2n) is 5.44. The number of nitrogen functional groups attached to an aromatic ring is 1. The van der Waals surface area contributed by atoms with Crippen molar-refractivity contribution in [1.82, 2.24) is 0 Å². The zero-order valence-corrected chi connectivity index (χ0v) is 10.9. The second kappa shape index (κ2) is 5.12. The molecular weight excluding hydrogens is 234 g/mol. The first-order valence-corrected chi connectivity index (χ1v) is 6.50. The summed E-state index contributed by atoms with van der Waals surface area (Å²) in [6, 6.07) is 2.68. The van der Waals surface area contributed by atoms with Gasteiger partial charge < -0.3 is 10.6 Å². The molecule has 4 heteroatoms. The highest BCUT2D eigenvalue weighted by Gasteiger charge is 2.32. The highest BCUT2D eigenvalue weighted by Crippen LogP contribution is 2.36. The minimum atomic E-state index is -0.553. The van der Waals surface area contributed by atoms with E-state index in [1.165, 1.54) is 12.1 Å². The minimum Gasteiger partial charge on any atom is -0.399 e. The van der Waals surface area contributed by atoms with Crippen LogP contribution < -0.4 is 10.6 Å². The van der Waals surface area contributed by atoms with Crippen LogP contribution in [0.25, 0.3) is 0 Å². The van der Waals surface area contributed by atoms with Crippen molar-refractivity contribution in [3.63, 3.8) is 0 Å². The molecule has 1 aliphatic rings. The lowest BCUT2D eigenvalue weighted by atomic mass is 10.1. The van der Waals surface area contributed by atoms with E-state index in [2.05, 4.69) is 13.8 Å². The van der Waals surface area contributed by atoms with Gasteiger partial charge in [0.15, 0.2) is 11.6 Å². The molecule has 0 radical (unpaired) electrons. The standard InChI is InChI=1S/C14H20F2N2/c1-9(2)5-6-18(11-3-4-11)14-12(15)7-10(17)8-13(14)16/h7-9,11H,3-6,17H2,1-2H3. The lowest BCUT2D eigenvalue weighted by molar-refractivity contribution is 0.538. The Hall–Kier alpha value is -1.32. The van der Waals surface area contributed by atoms with Gasteiger partial charge in [0.05, 0.1) is 0 Å². The van der Waals surface area contributed by atoms with Gasteiger partial charge in [0.25, 0.3) is 0 Å². The minimum absolute atomic E-state index is 0.0901. The summed E-state index contributed by atoms with van der Waals surface area (Å²) >= 11 is 0. The van der Waals surface area contributed by atoms with Crippen molar-refractivity contribution in [2.45, 2.75) is 39.2 Å². The molecular formula is C14H20F2N2. The Morgan fingerprint density at radius 1 is 1.28 bits per heavy atom. The van der Waals surface area contributed by atoms with Crippen molar-refractivity contribution >= 4 is 11.4 Å². The highest BCUT2D eigenvalue weighted by molar-refractivity contribution is 5.57. The van der Waals surface area contributed by atoms with Crippen molar-refractivity contribution in [2.75, 3.05) is 17.2 Å². The van der Waals surface area contributed by atoms with Gasteiger partial charge in [0, 0.05) is 18.3 Å². The number of hydrogen-bond acceptors (Lipinski definition) is 2. The van der Waals surface area contributed by atoms with Crippen molar-refractivity contribution < 1.29 is 8.78 Å². The predicted molar refractivity (Wildman–Crippen MR) is 70.6 cm³/mol. The van der Waals surface area contributed by atoms with E-state index in [1.807, 2.05) is 4.90 Å². The Labute approximate surface area is 107 Å². The summed E-state index contributed by atoms with van der Waals surface area (Å²) in [5.41, 5.74) is 5.67. The Morgan fingerprint density at radius 2 is 1.83 bits per heavy atom. The first-order chi connectivity index (χ1) is 8.49. The summed E-state index contributed by atoms with van der Waals surface area (Å²) in [5.74, 6) is -0.586. The molecule has 1 aromatic rings. The van der Waals surface area contributed by atoms with E-state index in [4.69, 9.17) is 5.73 Å². The molecule has 1 fully saturated rings. The molecule has 1 saturated carbocycles. The number of halogens is 2. The SMILES string of the molecule is CC(C)CCN(c1c(F)cc(N)cc1F)C1CC1. The van der Waals surface area contributed by atoms with Crippen molar-refractivity contribution in [3.05, 3.63) is 23.8 Å². The van der Waals surface area contributed by atoms with Gasteiger partial charge in [-0.05, 0) is 37.3 Å². The summed E-state index contributed by atoms with van der Waals surface area (Å²) in [5, 5.41) is 0. The Bertz CT molecular complexity index is 405. The van der Waals surface area contributed by atoms with Crippen LogP contribution in [0, 0.1) is 17.6 Å². The number of hydrogen-bond donors (Lipinski definition) is 1. The maximum absolute atomic E-state index is 13.9. The summed E-state index contributed by atoms with van der Waals surface area (Å²) in [4.78, 5) is 1.87. The van der Waals surface area contributed by atoms with E-state index < -0.39 is 11.6 Å². The van der Waals surface area contributed by atoms with E-state index in [-0.39, 0.29) is 17.4 Å². The summed E-state index contributed by atoms with van der Waals surface area (Å²) < 4.78 is 27.8. The van der Waals surface area contributed by atoms with Crippen molar-refractivity contribution in [3.8, 4) is 0 Å². The molecule has 0 spiro atoms. The van der Waals surface area contributed by atoms with Crippen LogP contribution in [0.1, 0.15) is 33.1 Å². The number of nitrogens with zero attached hydrogens (tertiary/aromatic N) is 1. The third kappa shape index (κ3) is 2.92. The van der Waals surface area contributed by atoms with Crippen LogP contribution in [0.3, 0.4) is 0 Å². The average molecular weight is 254 g/mol. The molecule has 0 amide bonds. The van der Waals surface area contributed by atoms with Crippen LogP contribution >= 0.6 is 0 Å². The molecule has 2 N–H and O–H groups in total. The normalized spacial score (nSPS) is 15.2. The fraction of sp³-hybridized carbons (Fsp3) is 0.571. The third-order valence-electron chi connectivity index (χ3n) is 3.26. The maximum atomic E-state index is 13.9. The smallest absolute Gasteiger partial charge is 0.151 e. The van der Waals surface area contributed by atoms with Crippen LogP contribution in [0.15, 0.2) is 12.1 Å². The van der Waals surface area contributed by atoms with Gasteiger partial charge in [-0.15, -0.1) is 0 Å². The van der Waals surface area contributed by atoms with Gasteiger partial charge >= 0.3 is 0 Å². The number of benzene rings is 1. The quantitative estimate of drug-likeness (QED) is 0.814. The van der Waals surface area contributed by atoms with Crippen molar-refractivity contribution in [2.24, 2.45) is 5.92 Å². The van der Waals surface area contributed by atoms with Crippen molar-refractivity contribution in [1.29, 1.82) is 0 Å². The zero-order chi connectivity index (χ0) is 13.3. The van der Waals surface area contributed by atoms with Gasteiger partial charge in [0.1, 0.15) is 5.69 Å². The maximum Gasteiger partial charge on any atom is 0.151 e. The average Bonchev–Trinajstić information content (AvgIpc) is 3.04. The van der Waals surface area contributed by atoms with Gasteiger partial charge in [-0.25, -0.2) is 8.78 Å². The van der Waals surface area contributed by atoms with E-state index in [1.54, 1.807) is 0 Å². The number of anilines is 2. The van der Waals surface area contributed by atoms with Crippen LogP contribution in [-0.2, 0) is 0 Å². The fourth-order valence-corrected chi connectivity index (χ4v) is 2.12. The summed E-state index contributed by atoms with van der Waals surface area (Å²) in [6.07, 6.45) is 2.96. The molecule has 100 valence electrons. The molecule has 0 saturated heterocycles. The molecule has 0 bridgehead atoms. The van der Waals surface area contributed by atoms with Crippen LogP contribution in [-0.4, -0.2) is 12.6 Å². The summed E-state index contributed by atoms with van der Waals surface area (Å²) in [6.45, 7) is 4.92. The van der Waals surface area contributed by atoms with Crippen LogP contribution in [0.2, 0.25) is 0 Å². The highest BCUT2D eigenvalue weighted by atomic mass is 19.1. The second-order valence-corrected chi connectivity index (χ2v) is 5.44. The monoisotopic (exact) mass is 254 g/mol. The molecule has 2 rings (SSSR count). The molecule has 0 heterocycles. The lowest BCUT2D eigenvalue weighted by Crippen LogP contribution is -2.29. The third-order valence-corrected chi connectivity index (χ3v) is 3.26. The van der Waals surface area contributed by atoms with Gasteiger partial charge in [0.2, 0.25) is 0 Å². The Morgan fingerprint density at radius 3 is 2.28 bits per heavy atom. The first-order valence-electron chi connectivity index (χ1n) is 6.50. The van der Waals surface area contributed by atoms with Gasteiger partial charge in [-0.1, -0.05) is 13.8 Å². The van der Waals surface area contributed by atoms with E-state index in [0.29, 0.717) is 12.5 Å². The molecule has 0 aliphatic heterocycles. The van der Waals surface area contributed by atoms with E-state index >= 15 is 0 Å². The van der Waals surface area contributed by atoms with Crippen LogP contribution in [0.4, 0.5) is 20.2 Å². The van der Waals surface area contributed by atoms with E-state index in [9.17, 15) is 8.78 Å². The number of nitrogens with two attached hydrogens (primary N) is 1. The summed E-state index contributed by atoms with van der Waals surface area (Å²) in [7, 11) is 0. The van der Waals surface area contributed by atoms with Gasteiger partial charge in [-0.3, -0.25) is 0 Å². The Balaban J connectivity index is 2.25. The predicted octanol–water partition coefficient (Wildman–Crippen LogP) is 3.56. The Kier molecular flexibility index (Phi) is 3.73. The largest absolute Gasteiger partial charge is 0.399 e. The molecule has 0 unspecified atom stereocenters. The molecule has 0 aromatic heterocycles. The molecule has 1 aromatic carbocycles. The fourth-order valence-electron chi connectivity index (χ4n) is 2.12. The molecule has 2 nitrogen and oxygen atoms in total. The topological polar surface area (TPSA) is 29.3 Å². The molecule has 1 aliphatic carbocycles. The van der Waals surface area contributed by atoms with Gasteiger partial charge in [-0.2, -0.15) is 0 Å². The lowest BCUT2D eigenvalue weighted by Gasteiger charge is -2.26. The molecule has 18 heavy (non-hydrogen) atoms. The number of rotatable bonds is 5. The van der Waals surface area contributed by atoms with E-state index in [0.717, 1.165) is 19.3 Å². The zero-order valence-electron chi connectivity index (χ0n) is 10.9. The van der Waals surface area contributed by atoms with Crippen LogP contribution in [0.5, 0.6) is 0 Å². The first kappa shape index (κ1) is 13.1.